The molecule has 0 spiro atoms. The molecule has 1 aliphatic carbocycles. The van der Waals surface area contributed by atoms with Gasteiger partial charge in [-0.1, -0.05) is 0 Å². The Hall–Kier alpha value is -0.650. The third-order valence-electron chi connectivity index (χ3n) is 2.31. The minimum atomic E-state index is -1.42. The molecule has 5 heteroatoms. The summed E-state index contributed by atoms with van der Waals surface area (Å²) >= 11 is 0. The van der Waals surface area contributed by atoms with Crippen molar-refractivity contribution in [2.24, 2.45) is 5.73 Å². The first-order valence-corrected chi connectivity index (χ1v) is 3.76. The number of hydrogen-bond acceptors (Lipinski definition) is 5. The lowest BCUT2D eigenvalue weighted by atomic mass is 9.96. The zero-order chi connectivity index (χ0) is 9.35. The van der Waals surface area contributed by atoms with Gasteiger partial charge in [-0.25, -0.2) is 4.79 Å². The van der Waals surface area contributed by atoms with E-state index in [1.165, 1.54) is 7.11 Å². The van der Waals surface area contributed by atoms with E-state index in [0.29, 0.717) is 6.42 Å². The average Bonchev–Trinajstić information content (AvgIpc) is 2.33. The number of carbonyl (C=O) groups excluding carboxylic acids is 1. The molecule has 1 saturated carbocycles. The lowest BCUT2D eigenvalue weighted by Crippen LogP contribution is -2.56. The SMILES string of the molecule is COC(=O)C1(N)CCC(O)C1O. The van der Waals surface area contributed by atoms with Crippen LogP contribution in [0.2, 0.25) is 0 Å². The second-order valence-corrected chi connectivity index (χ2v) is 3.08. The summed E-state index contributed by atoms with van der Waals surface area (Å²) in [6.45, 7) is 0. The van der Waals surface area contributed by atoms with E-state index in [1.54, 1.807) is 0 Å². The van der Waals surface area contributed by atoms with Crippen LogP contribution in [-0.4, -0.2) is 41.0 Å². The Kier molecular flexibility index (Phi) is 2.36. The lowest BCUT2D eigenvalue weighted by Gasteiger charge is -2.25. The first-order chi connectivity index (χ1) is 5.52. The Morgan fingerprint density at radius 1 is 1.67 bits per heavy atom. The van der Waals surface area contributed by atoms with Crippen molar-refractivity contribution in [3.8, 4) is 0 Å². The number of ether oxygens (including phenoxy) is 1. The van der Waals surface area contributed by atoms with E-state index in [1.807, 2.05) is 0 Å². The molecule has 0 amide bonds. The maximum absolute atomic E-state index is 11.1. The van der Waals surface area contributed by atoms with Gasteiger partial charge in [0.05, 0.1) is 13.2 Å². The van der Waals surface area contributed by atoms with E-state index in [4.69, 9.17) is 10.8 Å². The molecule has 0 aliphatic heterocycles. The van der Waals surface area contributed by atoms with E-state index in [-0.39, 0.29) is 6.42 Å². The fourth-order valence-electron chi connectivity index (χ4n) is 1.45. The fraction of sp³-hybridized carbons (Fsp3) is 0.857. The molecule has 4 N–H and O–H groups in total. The van der Waals surface area contributed by atoms with Crippen LogP contribution in [0.1, 0.15) is 12.8 Å². The normalized spacial score (nSPS) is 41.3. The number of methoxy groups -OCH3 is 1. The zero-order valence-electron chi connectivity index (χ0n) is 6.86. The van der Waals surface area contributed by atoms with Crippen LogP contribution >= 0.6 is 0 Å². The van der Waals surface area contributed by atoms with Crippen LogP contribution in [0.15, 0.2) is 0 Å². The molecule has 1 aliphatic rings. The van der Waals surface area contributed by atoms with Gasteiger partial charge in [-0.3, -0.25) is 0 Å². The van der Waals surface area contributed by atoms with Gasteiger partial charge < -0.3 is 20.7 Å². The molecule has 1 rings (SSSR count). The molecule has 0 aromatic carbocycles. The minimum Gasteiger partial charge on any atom is -0.468 e. The molecule has 0 aromatic heterocycles. The van der Waals surface area contributed by atoms with Gasteiger partial charge in [0.2, 0.25) is 0 Å². The molecule has 1 fully saturated rings. The molecule has 3 atom stereocenters. The van der Waals surface area contributed by atoms with Crippen LogP contribution in [0, 0.1) is 0 Å². The van der Waals surface area contributed by atoms with E-state index in [0.717, 1.165) is 0 Å². The van der Waals surface area contributed by atoms with Gasteiger partial charge in [0.25, 0.3) is 0 Å². The number of carbonyl (C=O) groups is 1. The molecule has 0 bridgehead atoms. The summed E-state index contributed by atoms with van der Waals surface area (Å²) in [7, 11) is 1.20. The molecular formula is C7H13NO4. The van der Waals surface area contributed by atoms with Crippen molar-refractivity contribution in [1.29, 1.82) is 0 Å². The monoisotopic (exact) mass is 175 g/mol. The second kappa shape index (κ2) is 3.01. The Balaban J connectivity index is 2.78. The van der Waals surface area contributed by atoms with Gasteiger partial charge >= 0.3 is 5.97 Å². The topological polar surface area (TPSA) is 92.8 Å². The summed E-state index contributed by atoms with van der Waals surface area (Å²) in [6, 6.07) is 0. The quantitative estimate of drug-likeness (QED) is 0.416. The zero-order valence-corrected chi connectivity index (χ0v) is 6.86. The lowest BCUT2D eigenvalue weighted by molar-refractivity contribution is -0.152. The van der Waals surface area contributed by atoms with Crippen LogP contribution in [-0.2, 0) is 9.53 Å². The van der Waals surface area contributed by atoms with E-state index in [2.05, 4.69) is 4.74 Å². The number of aliphatic hydroxyl groups excluding tert-OH is 2. The summed E-state index contributed by atoms with van der Waals surface area (Å²) in [5, 5.41) is 18.5. The van der Waals surface area contributed by atoms with Crippen LogP contribution in [0.3, 0.4) is 0 Å². The largest absolute Gasteiger partial charge is 0.468 e. The first kappa shape index (κ1) is 9.44. The van der Waals surface area contributed by atoms with Crippen molar-refractivity contribution >= 4 is 5.97 Å². The van der Waals surface area contributed by atoms with Gasteiger partial charge in [-0.2, -0.15) is 0 Å². The second-order valence-electron chi connectivity index (χ2n) is 3.08. The molecular weight excluding hydrogens is 162 g/mol. The average molecular weight is 175 g/mol. The molecule has 5 nitrogen and oxygen atoms in total. The van der Waals surface area contributed by atoms with E-state index < -0.39 is 23.7 Å². The molecule has 0 aromatic rings. The molecule has 70 valence electrons. The van der Waals surface area contributed by atoms with Gasteiger partial charge in [0.15, 0.2) is 0 Å². The van der Waals surface area contributed by atoms with Gasteiger partial charge in [0, 0.05) is 0 Å². The first-order valence-electron chi connectivity index (χ1n) is 3.76. The molecule has 0 saturated heterocycles. The summed E-state index contributed by atoms with van der Waals surface area (Å²) < 4.78 is 4.42. The van der Waals surface area contributed by atoms with Gasteiger partial charge in [0.1, 0.15) is 11.6 Å². The molecule has 3 unspecified atom stereocenters. The predicted octanol–water partition coefficient (Wildman–Crippen LogP) is -1.63. The van der Waals surface area contributed by atoms with E-state index in [9.17, 15) is 9.90 Å². The smallest absolute Gasteiger partial charge is 0.328 e. The summed E-state index contributed by atoms with van der Waals surface area (Å²) in [5.74, 6) is -0.674. The summed E-state index contributed by atoms with van der Waals surface area (Å²) in [5.41, 5.74) is 4.14. The number of nitrogens with two attached hydrogens (primary N) is 1. The predicted molar refractivity (Wildman–Crippen MR) is 40.2 cm³/mol. The van der Waals surface area contributed by atoms with Crippen molar-refractivity contribution in [3.05, 3.63) is 0 Å². The third-order valence-corrected chi connectivity index (χ3v) is 2.31. The Morgan fingerprint density at radius 2 is 2.25 bits per heavy atom. The third kappa shape index (κ3) is 1.20. The van der Waals surface area contributed by atoms with Crippen molar-refractivity contribution in [1.82, 2.24) is 0 Å². The van der Waals surface area contributed by atoms with Crippen molar-refractivity contribution in [3.63, 3.8) is 0 Å². The summed E-state index contributed by atoms with van der Waals surface area (Å²) in [6.07, 6.45) is -1.56. The van der Waals surface area contributed by atoms with Crippen LogP contribution in [0.4, 0.5) is 0 Å². The van der Waals surface area contributed by atoms with Crippen molar-refractivity contribution < 1.29 is 19.7 Å². The fourth-order valence-corrected chi connectivity index (χ4v) is 1.45. The van der Waals surface area contributed by atoms with Crippen LogP contribution in [0.5, 0.6) is 0 Å². The highest BCUT2D eigenvalue weighted by atomic mass is 16.5. The Morgan fingerprint density at radius 3 is 2.58 bits per heavy atom. The highest BCUT2D eigenvalue weighted by molar-refractivity contribution is 5.82. The summed E-state index contributed by atoms with van der Waals surface area (Å²) in [4.78, 5) is 11.1. The van der Waals surface area contributed by atoms with Gasteiger partial charge in [-0.05, 0) is 12.8 Å². The highest BCUT2D eigenvalue weighted by Crippen LogP contribution is 2.29. The highest BCUT2D eigenvalue weighted by Gasteiger charge is 2.50. The van der Waals surface area contributed by atoms with Crippen molar-refractivity contribution in [2.45, 2.75) is 30.6 Å². The molecule has 12 heavy (non-hydrogen) atoms. The molecule has 0 heterocycles. The Labute approximate surface area is 70.1 Å². The number of hydrogen-bond donors (Lipinski definition) is 3. The Bertz CT molecular complexity index is 196. The standard InChI is InChI=1S/C7H13NO4/c1-12-6(11)7(8)3-2-4(9)5(7)10/h4-5,9-10H,2-3,8H2,1H3. The maximum Gasteiger partial charge on any atom is 0.328 e. The number of rotatable bonds is 1. The van der Waals surface area contributed by atoms with Crippen molar-refractivity contribution in [2.75, 3.05) is 7.11 Å². The number of aliphatic hydroxyl groups is 2. The molecule has 0 radical (unpaired) electrons. The van der Waals surface area contributed by atoms with Gasteiger partial charge in [-0.15, -0.1) is 0 Å². The number of esters is 1. The van der Waals surface area contributed by atoms with Crippen LogP contribution in [0.25, 0.3) is 0 Å². The maximum atomic E-state index is 11.1. The van der Waals surface area contributed by atoms with E-state index >= 15 is 0 Å². The minimum absolute atomic E-state index is 0.252. The van der Waals surface area contributed by atoms with Crippen LogP contribution < -0.4 is 5.73 Å².